The average Bonchev–Trinajstić information content (AvgIpc) is 2.01. The molecular weight excluding hydrogens is 182 g/mol. The normalized spacial score (nSPS) is 11.4. The van der Waals surface area contributed by atoms with Crippen molar-refractivity contribution < 1.29 is 9.90 Å². The molecule has 1 rings (SSSR count). The zero-order valence-corrected chi connectivity index (χ0v) is 8.44. The van der Waals surface area contributed by atoms with Crippen LogP contribution in [0.25, 0.3) is 0 Å². The van der Waals surface area contributed by atoms with Crippen LogP contribution in [0.2, 0.25) is 0 Å². The van der Waals surface area contributed by atoms with Gasteiger partial charge in [0.2, 0.25) is 0 Å². The maximum absolute atomic E-state index is 11.1. The Morgan fingerprint density at radius 2 is 2.00 bits per heavy atom. The highest BCUT2D eigenvalue weighted by Gasteiger charge is 2.20. The largest absolute Gasteiger partial charge is 0.464 e. The van der Waals surface area contributed by atoms with E-state index in [9.17, 15) is 9.59 Å². The van der Waals surface area contributed by atoms with Crippen LogP contribution in [0, 0.1) is 0 Å². The van der Waals surface area contributed by atoms with Crippen LogP contribution in [0.4, 0.5) is 4.79 Å². The SMILES string of the molecule is CC(C)(C)c1cc(=O)ccn1C(=O)O. The first kappa shape index (κ1) is 10.5. The number of aromatic nitrogens is 1. The third-order valence-corrected chi connectivity index (χ3v) is 1.90. The van der Waals surface area contributed by atoms with Crippen LogP contribution in [-0.4, -0.2) is 15.8 Å². The van der Waals surface area contributed by atoms with Crippen LogP contribution in [0.15, 0.2) is 23.1 Å². The summed E-state index contributed by atoms with van der Waals surface area (Å²) in [6, 6.07) is 2.59. The van der Waals surface area contributed by atoms with E-state index in [1.807, 2.05) is 20.8 Å². The molecule has 0 radical (unpaired) electrons. The summed E-state index contributed by atoms with van der Waals surface area (Å²) in [5.74, 6) is 0. The highest BCUT2D eigenvalue weighted by atomic mass is 16.4. The molecule has 14 heavy (non-hydrogen) atoms. The lowest BCUT2D eigenvalue weighted by atomic mass is 9.91. The molecule has 0 spiro atoms. The number of hydrogen-bond donors (Lipinski definition) is 1. The standard InChI is InChI=1S/C10H13NO3/c1-10(2,3)8-6-7(12)4-5-11(8)9(13)14/h4-6H,1-3H3,(H,13,14). The Hall–Kier alpha value is -1.58. The topological polar surface area (TPSA) is 59.3 Å². The van der Waals surface area contributed by atoms with E-state index in [4.69, 9.17) is 5.11 Å². The van der Waals surface area contributed by atoms with Crippen molar-refractivity contribution >= 4 is 6.09 Å². The lowest BCUT2D eigenvalue weighted by Crippen LogP contribution is -2.25. The molecule has 1 aromatic rings. The first-order valence-corrected chi connectivity index (χ1v) is 4.29. The Morgan fingerprint density at radius 3 is 2.43 bits per heavy atom. The fourth-order valence-electron chi connectivity index (χ4n) is 1.23. The minimum absolute atomic E-state index is 0.174. The number of carboxylic acid groups (broad SMARTS) is 1. The summed E-state index contributed by atoms with van der Waals surface area (Å²) in [7, 11) is 0. The zero-order chi connectivity index (χ0) is 10.9. The molecule has 1 aromatic heterocycles. The number of hydrogen-bond acceptors (Lipinski definition) is 2. The van der Waals surface area contributed by atoms with Crippen molar-refractivity contribution in [1.82, 2.24) is 4.57 Å². The highest BCUT2D eigenvalue weighted by Crippen LogP contribution is 2.20. The van der Waals surface area contributed by atoms with E-state index in [2.05, 4.69) is 0 Å². The fourth-order valence-corrected chi connectivity index (χ4v) is 1.23. The number of nitrogens with zero attached hydrogens (tertiary/aromatic N) is 1. The maximum atomic E-state index is 11.1. The van der Waals surface area contributed by atoms with Crippen LogP contribution in [0.5, 0.6) is 0 Å². The molecule has 1 heterocycles. The van der Waals surface area contributed by atoms with E-state index in [1.165, 1.54) is 18.3 Å². The van der Waals surface area contributed by atoms with Crippen molar-refractivity contribution in [2.75, 3.05) is 0 Å². The predicted molar refractivity (Wildman–Crippen MR) is 52.8 cm³/mol. The first-order chi connectivity index (χ1) is 6.32. The van der Waals surface area contributed by atoms with E-state index in [0.29, 0.717) is 5.69 Å². The Labute approximate surface area is 81.8 Å². The first-order valence-electron chi connectivity index (χ1n) is 4.29. The van der Waals surface area contributed by atoms with Crippen molar-refractivity contribution in [3.8, 4) is 0 Å². The van der Waals surface area contributed by atoms with Gasteiger partial charge in [0.05, 0.1) is 0 Å². The average molecular weight is 195 g/mol. The number of pyridine rings is 1. The Bertz CT molecular complexity index is 412. The van der Waals surface area contributed by atoms with Crippen molar-refractivity contribution in [2.45, 2.75) is 26.2 Å². The minimum atomic E-state index is -1.07. The lowest BCUT2D eigenvalue weighted by Gasteiger charge is -2.21. The third-order valence-electron chi connectivity index (χ3n) is 1.90. The van der Waals surface area contributed by atoms with E-state index in [0.717, 1.165) is 4.57 Å². The Balaban J connectivity index is 3.45. The molecular formula is C10H13NO3. The molecule has 0 saturated heterocycles. The van der Waals surface area contributed by atoms with Crippen LogP contribution >= 0.6 is 0 Å². The van der Waals surface area contributed by atoms with Crippen LogP contribution in [0.3, 0.4) is 0 Å². The summed E-state index contributed by atoms with van der Waals surface area (Å²) in [5.41, 5.74) is -0.0383. The van der Waals surface area contributed by atoms with Gasteiger partial charge in [-0.05, 0) is 0 Å². The second-order valence-electron chi connectivity index (χ2n) is 4.15. The van der Waals surface area contributed by atoms with Gasteiger partial charge >= 0.3 is 6.09 Å². The van der Waals surface area contributed by atoms with Crippen molar-refractivity contribution in [1.29, 1.82) is 0 Å². The van der Waals surface area contributed by atoms with Gasteiger partial charge in [0, 0.05) is 29.4 Å². The molecule has 0 bridgehead atoms. The van der Waals surface area contributed by atoms with Gasteiger partial charge in [-0.1, -0.05) is 20.8 Å². The molecule has 0 amide bonds. The second kappa shape index (κ2) is 3.29. The van der Waals surface area contributed by atoms with Gasteiger partial charge in [0.25, 0.3) is 0 Å². The quantitative estimate of drug-likeness (QED) is 0.685. The molecule has 0 unspecified atom stereocenters. The van der Waals surface area contributed by atoms with Gasteiger partial charge < -0.3 is 5.11 Å². The zero-order valence-electron chi connectivity index (χ0n) is 8.44. The summed E-state index contributed by atoms with van der Waals surface area (Å²) < 4.78 is 1.07. The maximum Gasteiger partial charge on any atom is 0.415 e. The van der Waals surface area contributed by atoms with Crippen molar-refractivity contribution in [2.24, 2.45) is 0 Å². The molecule has 0 fully saturated rings. The van der Waals surface area contributed by atoms with Gasteiger partial charge in [-0.15, -0.1) is 0 Å². The van der Waals surface area contributed by atoms with Gasteiger partial charge in [0.15, 0.2) is 5.43 Å². The van der Waals surface area contributed by atoms with E-state index >= 15 is 0 Å². The van der Waals surface area contributed by atoms with Crippen LogP contribution in [0.1, 0.15) is 26.5 Å². The molecule has 0 saturated carbocycles. The molecule has 0 atom stereocenters. The molecule has 1 N–H and O–H groups in total. The van der Waals surface area contributed by atoms with Crippen LogP contribution in [-0.2, 0) is 5.41 Å². The molecule has 76 valence electrons. The number of rotatable bonds is 0. The molecule has 4 heteroatoms. The molecule has 0 aliphatic rings. The summed E-state index contributed by atoms with van der Waals surface area (Å²) >= 11 is 0. The minimum Gasteiger partial charge on any atom is -0.464 e. The van der Waals surface area contributed by atoms with E-state index in [-0.39, 0.29) is 10.8 Å². The van der Waals surface area contributed by atoms with E-state index in [1.54, 1.807) is 0 Å². The monoisotopic (exact) mass is 195 g/mol. The van der Waals surface area contributed by atoms with Gasteiger partial charge in [-0.2, -0.15) is 0 Å². The Kier molecular flexibility index (Phi) is 2.47. The Morgan fingerprint density at radius 1 is 1.43 bits per heavy atom. The lowest BCUT2D eigenvalue weighted by molar-refractivity contribution is 0.194. The molecule has 0 aliphatic heterocycles. The van der Waals surface area contributed by atoms with Gasteiger partial charge in [-0.3, -0.25) is 9.36 Å². The number of carbonyl (C=O) groups is 1. The second-order valence-corrected chi connectivity index (χ2v) is 4.15. The smallest absolute Gasteiger partial charge is 0.415 e. The molecule has 0 aliphatic carbocycles. The van der Waals surface area contributed by atoms with Crippen LogP contribution < -0.4 is 5.43 Å². The predicted octanol–water partition coefficient (Wildman–Crippen LogP) is 1.67. The van der Waals surface area contributed by atoms with E-state index < -0.39 is 6.09 Å². The summed E-state index contributed by atoms with van der Waals surface area (Å²) in [4.78, 5) is 21.9. The summed E-state index contributed by atoms with van der Waals surface area (Å²) in [6.07, 6.45) is 0.209. The molecule has 0 aromatic carbocycles. The van der Waals surface area contributed by atoms with Crippen molar-refractivity contribution in [3.63, 3.8) is 0 Å². The van der Waals surface area contributed by atoms with Gasteiger partial charge in [-0.25, -0.2) is 4.79 Å². The fraction of sp³-hybridized carbons (Fsp3) is 0.400. The highest BCUT2D eigenvalue weighted by molar-refractivity contribution is 5.69. The molecule has 4 nitrogen and oxygen atoms in total. The third kappa shape index (κ3) is 2.02. The summed E-state index contributed by atoms with van der Waals surface area (Å²) in [6.45, 7) is 5.59. The van der Waals surface area contributed by atoms with Gasteiger partial charge in [0.1, 0.15) is 0 Å². The van der Waals surface area contributed by atoms with Crippen molar-refractivity contribution in [3.05, 3.63) is 34.2 Å². The summed E-state index contributed by atoms with van der Waals surface area (Å²) in [5, 5.41) is 8.88.